The van der Waals surface area contributed by atoms with Crippen LogP contribution in [0.2, 0.25) is 0 Å². The van der Waals surface area contributed by atoms with Gasteiger partial charge in [0.2, 0.25) is 17.8 Å². The van der Waals surface area contributed by atoms with E-state index in [0.717, 1.165) is 16.7 Å². The van der Waals surface area contributed by atoms with Crippen molar-refractivity contribution in [2.24, 2.45) is 0 Å². The fourth-order valence-electron chi connectivity index (χ4n) is 3.37. The molecule has 0 aliphatic rings. The molecule has 0 fully saturated rings. The van der Waals surface area contributed by atoms with Gasteiger partial charge in [0, 0.05) is 29.3 Å². The van der Waals surface area contributed by atoms with E-state index in [0.29, 0.717) is 29.0 Å². The third kappa shape index (κ3) is 4.17. The summed E-state index contributed by atoms with van der Waals surface area (Å²) in [4.78, 5) is 33.9. The Morgan fingerprint density at radius 2 is 1.64 bits per heavy atom. The molecule has 0 atom stereocenters. The van der Waals surface area contributed by atoms with Crippen molar-refractivity contribution in [3.63, 3.8) is 0 Å². The summed E-state index contributed by atoms with van der Waals surface area (Å²) in [6, 6.07) is 18.2. The molecule has 33 heavy (non-hydrogen) atoms. The number of nitrogens with two attached hydrogens (primary N) is 1. The van der Waals surface area contributed by atoms with Gasteiger partial charge in [-0.15, -0.1) is 0 Å². The first-order chi connectivity index (χ1) is 16.1. The summed E-state index contributed by atoms with van der Waals surface area (Å²) in [6.45, 7) is 1.75. The van der Waals surface area contributed by atoms with Gasteiger partial charge >= 0.3 is 0 Å². The fraction of sp³-hybridized carbons (Fsp3) is 0.0435. The zero-order valence-electron chi connectivity index (χ0n) is 17.6. The van der Waals surface area contributed by atoms with E-state index in [1.807, 2.05) is 24.3 Å². The quantitative estimate of drug-likeness (QED) is 0.380. The van der Waals surface area contributed by atoms with E-state index in [9.17, 15) is 4.79 Å². The number of carbonyl (C=O) groups is 1. The lowest BCUT2D eigenvalue weighted by atomic mass is 10.2. The Morgan fingerprint density at radius 3 is 2.39 bits per heavy atom. The highest BCUT2D eigenvalue weighted by molar-refractivity contribution is 6.04. The van der Waals surface area contributed by atoms with Crippen LogP contribution in [0.5, 0.6) is 0 Å². The molecule has 0 aliphatic heterocycles. The van der Waals surface area contributed by atoms with Gasteiger partial charge in [-0.3, -0.25) is 9.78 Å². The number of para-hydroxylation sites is 2. The van der Waals surface area contributed by atoms with Crippen molar-refractivity contribution in [1.29, 1.82) is 0 Å². The number of hydrogen-bond donors (Lipinski definition) is 3. The van der Waals surface area contributed by atoms with Gasteiger partial charge in [0.1, 0.15) is 5.82 Å². The normalized spacial score (nSPS) is 10.8. The van der Waals surface area contributed by atoms with Crippen LogP contribution in [0.25, 0.3) is 17.0 Å². The summed E-state index contributed by atoms with van der Waals surface area (Å²) in [6.07, 6.45) is 3.24. The Labute approximate surface area is 188 Å². The molecule has 0 spiro atoms. The summed E-state index contributed by atoms with van der Waals surface area (Å²) in [5.41, 5.74) is 9.38. The first-order valence-corrected chi connectivity index (χ1v) is 10.1. The zero-order chi connectivity index (χ0) is 22.8. The minimum absolute atomic E-state index is 0.130. The maximum Gasteiger partial charge on any atom is 0.255 e. The number of amides is 1. The van der Waals surface area contributed by atoms with Crippen molar-refractivity contribution >= 4 is 40.2 Å². The van der Waals surface area contributed by atoms with Crippen molar-refractivity contribution in [1.82, 2.24) is 29.5 Å². The minimum atomic E-state index is -0.212. The highest BCUT2D eigenvalue weighted by atomic mass is 16.1. The van der Waals surface area contributed by atoms with Gasteiger partial charge in [-0.2, -0.15) is 15.0 Å². The van der Waals surface area contributed by atoms with Crippen molar-refractivity contribution < 1.29 is 4.79 Å². The number of fused-ring (bicyclic) bond motifs is 1. The molecule has 5 aromatic rings. The van der Waals surface area contributed by atoms with Crippen molar-refractivity contribution in [2.45, 2.75) is 6.92 Å². The van der Waals surface area contributed by atoms with Crippen LogP contribution in [0.4, 0.5) is 23.3 Å². The second-order valence-corrected chi connectivity index (χ2v) is 7.19. The monoisotopic (exact) mass is 437 g/mol. The first-order valence-electron chi connectivity index (χ1n) is 10.1. The molecule has 10 nitrogen and oxygen atoms in total. The number of pyridine rings is 1. The predicted molar refractivity (Wildman–Crippen MR) is 126 cm³/mol. The van der Waals surface area contributed by atoms with E-state index in [4.69, 9.17) is 5.73 Å². The lowest BCUT2D eigenvalue weighted by Crippen LogP contribution is -2.12. The number of nitrogen functional groups attached to an aromatic ring is 1. The smallest absolute Gasteiger partial charge is 0.255 e. The fourth-order valence-corrected chi connectivity index (χ4v) is 3.37. The van der Waals surface area contributed by atoms with E-state index in [1.165, 1.54) is 0 Å². The van der Waals surface area contributed by atoms with Crippen LogP contribution in [-0.4, -0.2) is 35.4 Å². The summed E-state index contributed by atoms with van der Waals surface area (Å²) < 4.78 is 1.78. The molecule has 0 bridgehead atoms. The number of aromatic nitrogens is 6. The Balaban J connectivity index is 1.45. The van der Waals surface area contributed by atoms with Gasteiger partial charge in [0.05, 0.1) is 11.0 Å². The summed E-state index contributed by atoms with van der Waals surface area (Å²) >= 11 is 0. The van der Waals surface area contributed by atoms with Crippen LogP contribution in [0.15, 0.2) is 73.1 Å². The van der Waals surface area contributed by atoms with E-state index in [1.54, 1.807) is 60.3 Å². The van der Waals surface area contributed by atoms with Crippen molar-refractivity contribution in [3.8, 4) is 5.95 Å². The van der Waals surface area contributed by atoms with Crippen LogP contribution in [0.3, 0.4) is 0 Å². The second-order valence-electron chi connectivity index (χ2n) is 7.19. The third-order valence-corrected chi connectivity index (χ3v) is 4.85. The molecule has 0 saturated heterocycles. The number of imidazole rings is 1. The second kappa shape index (κ2) is 8.35. The molecule has 10 heteroatoms. The van der Waals surface area contributed by atoms with Crippen LogP contribution >= 0.6 is 0 Å². The van der Waals surface area contributed by atoms with Crippen molar-refractivity contribution in [2.75, 3.05) is 16.4 Å². The average molecular weight is 437 g/mol. The number of nitrogens with zero attached hydrogens (tertiary/aromatic N) is 6. The standard InChI is InChI=1S/C23H19N9O/c1-14-26-21(24)31-22(27-14)32-19-5-3-2-4-18(19)30-23(32)29-16-8-6-15(7-9-16)20(33)28-17-10-12-25-13-11-17/h2-13H,1H3,(H,29,30)(H,25,28,33)(H2,24,26,27,31). The predicted octanol–water partition coefficient (Wildman–Crippen LogP) is 3.49. The first kappa shape index (κ1) is 20.1. The van der Waals surface area contributed by atoms with E-state index in [2.05, 4.69) is 35.6 Å². The molecular formula is C23H19N9O. The molecule has 0 saturated carbocycles. The zero-order valence-corrected chi connectivity index (χ0v) is 17.6. The van der Waals surface area contributed by atoms with Crippen LogP contribution in [0.1, 0.15) is 16.2 Å². The maximum atomic E-state index is 12.5. The molecule has 3 heterocycles. The molecule has 4 N–H and O–H groups in total. The number of nitrogens with one attached hydrogen (secondary N) is 2. The summed E-state index contributed by atoms with van der Waals surface area (Å²) in [5.74, 6) is 1.30. The number of benzene rings is 2. The molecule has 3 aromatic heterocycles. The summed E-state index contributed by atoms with van der Waals surface area (Å²) in [7, 11) is 0. The lowest BCUT2D eigenvalue weighted by Gasteiger charge is -2.11. The Bertz CT molecular complexity index is 1430. The SMILES string of the molecule is Cc1nc(N)nc(-n2c(Nc3ccc(C(=O)Nc4ccncc4)cc3)nc3ccccc32)n1. The van der Waals surface area contributed by atoms with Gasteiger partial charge in [-0.05, 0) is 55.5 Å². The molecule has 2 aromatic carbocycles. The third-order valence-electron chi connectivity index (χ3n) is 4.85. The minimum Gasteiger partial charge on any atom is -0.368 e. The number of anilines is 4. The van der Waals surface area contributed by atoms with Gasteiger partial charge in [0.25, 0.3) is 5.91 Å². The number of carbonyl (C=O) groups excluding carboxylic acids is 1. The van der Waals surface area contributed by atoms with Crippen molar-refractivity contribution in [3.05, 3.63) is 84.4 Å². The maximum absolute atomic E-state index is 12.5. The van der Waals surface area contributed by atoms with Gasteiger partial charge < -0.3 is 16.4 Å². The molecule has 0 aliphatic carbocycles. The molecule has 5 rings (SSSR count). The topological polar surface area (TPSA) is 137 Å². The highest BCUT2D eigenvalue weighted by Gasteiger charge is 2.16. The Morgan fingerprint density at radius 1 is 0.879 bits per heavy atom. The number of rotatable bonds is 5. The van der Waals surface area contributed by atoms with E-state index in [-0.39, 0.29) is 11.9 Å². The van der Waals surface area contributed by atoms with E-state index >= 15 is 0 Å². The molecule has 0 unspecified atom stereocenters. The molecule has 162 valence electrons. The molecular weight excluding hydrogens is 418 g/mol. The number of hydrogen-bond acceptors (Lipinski definition) is 8. The largest absolute Gasteiger partial charge is 0.368 e. The lowest BCUT2D eigenvalue weighted by molar-refractivity contribution is 0.102. The molecule has 1 amide bonds. The molecule has 0 radical (unpaired) electrons. The summed E-state index contributed by atoms with van der Waals surface area (Å²) in [5, 5.41) is 6.12. The van der Waals surface area contributed by atoms with Crippen LogP contribution < -0.4 is 16.4 Å². The van der Waals surface area contributed by atoms with Crippen LogP contribution in [-0.2, 0) is 0 Å². The Kier molecular flexibility index (Phi) is 5.07. The van der Waals surface area contributed by atoms with Gasteiger partial charge in [-0.1, -0.05) is 12.1 Å². The Hall–Kier alpha value is -4.86. The van der Waals surface area contributed by atoms with E-state index < -0.39 is 0 Å². The van der Waals surface area contributed by atoms with Gasteiger partial charge in [0.15, 0.2) is 0 Å². The van der Waals surface area contributed by atoms with Crippen LogP contribution in [0, 0.1) is 6.92 Å². The average Bonchev–Trinajstić information content (AvgIpc) is 3.17. The number of aryl methyl sites for hydroxylation is 1. The highest BCUT2D eigenvalue weighted by Crippen LogP contribution is 2.26. The van der Waals surface area contributed by atoms with Gasteiger partial charge in [-0.25, -0.2) is 9.55 Å².